The molecule has 1 saturated heterocycles. The minimum atomic E-state index is -0.774. The number of esters is 1. The van der Waals surface area contributed by atoms with Crippen LogP contribution in [-0.4, -0.2) is 41.9 Å². The van der Waals surface area contributed by atoms with Gasteiger partial charge in [0.25, 0.3) is 11.8 Å². The highest BCUT2D eigenvalue weighted by atomic mass is 35.5. The van der Waals surface area contributed by atoms with Gasteiger partial charge < -0.3 is 10.1 Å². The molecule has 0 bridgehead atoms. The van der Waals surface area contributed by atoms with E-state index in [0.29, 0.717) is 16.3 Å². The summed E-state index contributed by atoms with van der Waals surface area (Å²) in [5, 5.41) is 3.99. The summed E-state index contributed by atoms with van der Waals surface area (Å²) in [6, 6.07) is 13.5. The summed E-state index contributed by atoms with van der Waals surface area (Å²) in [5.41, 5.74) is 4.30. The van der Waals surface area contributed by atoms with Crippen molar-refractivity contribution in [3.63, 3.8) is 0 Å². The number of aryl methyl sites for hydroxylation is 1. The first-order chi connectivity index (χ1) is 14.3. The summed E-state index contributed by atoms with van der Waals surface area (Å²) < 4.78 is 5.01. The third-order valence-corrected chi connectivity index (χ3v) is 4.83. The van der Waals surface area contributed by atoms with E-state index in [9.17, 15) is 19.2 Å². The van der Waals surface area contributed by atoms with Gasteiger partial charge in [0.1, 0.15) is 0 Å². The second-order valence-electron chi connectivity index (χ2n) is 6.85. The number of nitrogens with one attached hydrogen (secondary N) is 2. The molecule has 0 spiro atoms. The maximum Gasteiger partial charge on any atom is 0.311 e. The van der Waals surface area contributed by atoms with E-state index < -0.39 is 36.2 Å². The molecular weight excluding hydrogens is 410 g/mol. The summed E-state index contributed by atoms with van der Waals surface area (Å²) in [5.74, 6) is -2.87. The molecule has 0 unspecified atom stereocenters. The monoisotopic (exact) mass is 429 g/mol. The van der Waals surface area contributed by atoms with Gasteiger partial charge in [-0.25, -0.2) is 0 Å². The van der Waals surface area contributed by atoms with E-state index in [1.165, 1.54) is 0 Å². The Labute approximate surface area is 178 Å². The number of hydrogen-bond acceptors (Lipinski definition) is 5. The summed E-state index contributed by atoms with van der Waals surface area (Å²) in [4.78, 5) is 48.6. The van der Waals surface area contributed by atoms with Crippen molar-refractivity contribution in [1.82, 2.24) is 10.4 Å². The third-order valence-electron chi connectivity index (χ3n) is 4.50. The highest BCUT2D eigenvalue weighted by molar-refractivity contribution is 6.33. The molecule has 1 aliphatic heterocycles. The van der Waals surface area contributed by atoms with Crippen LogP contribution in [0, 0.1) is 12.8 Å². The van der Waals surface area contributed by atoms with E-state index in [-0.39, 0.29) is 13.0 Å². The first-order valence-corrected chi connectivity index (χ1v) is 9.60. The topological polar surface area (TPSA) is 105 Å². The molecule has 30 heavy (non-hydrogen) atoms. The van der Waals surface area contributed by atoms with Crippen LogP contribution >= 0.6 is 11.6 Å². The lowest BCUT2D eigenvalue weighted by atomic mass is 10.1. The molecule has 0 radical (unpaired) electrons. The van der Waals surface area contributed by atoms with Gasteiger partial charge >= 0.3 is 5.97 Å². The van der Waals surface area contributed by atoms with Crippen LogP contribution in [0.2, 0.25) is 5.02 Å². The van der Waals surface area contributed by atoms with Crippen LogP contribution in [0.3, 0.4) is 0 Å². The van der Waals surface area contributed by atoms with Crippen molar-refractivity contribution in [3.8, 4) is 0 Å². The molecule has 0 saturated carbocycles. The van der Waals surface area contributed by atoms with E-state index in [1.54, 1.807) is 48.5 Å². The van der Waals surface area contributed by atoms with Crippen molar-refractivity contribution >= 4 is 41.0 Å². The maximum absolute atomic E-state index is 12.3. The van der Waals surface area contributed by atoms with Gasteiger partial charge in [-0.15, -0.1) is 0 Å². The number of amides is 3. The number of halogens is 1. The fourth-order valence-electron chi connectivity index (χ4n) is 2.87. The van der Waals surface area contributed by atoms with Crippen molar-refractivity contribution in [3.05, 3.63) is 64.7 Å². The highest BCUT2D eigenvalue weighted by Crippen LogP contribution is 2.21. The predicted octanol–water partition coefficient (Wildman–Crippen LogP) is 2.32. The molecule has 1 aliphatic rings. The van der Waals surface area contributed by atoms with E-state index in [2.05, 4.69) is 10.7 Å². The number of rotatable bonds is 6. The Kier molecular flexibility index (Phi) is 6.68. The lowest BCUT2D eigenvalue weighted by molar-refractivity contribution is -0.151. The van der Waals surface area contributed by atoms with E-state index >= 15 is 0 Å². The summed E-state index contributed by atoms with van der Waals surface area (Å²) >= 11 is 5.96. The zero-order chi connectivity index (χ0) is 21.7. The van der Waals surface area contributed by atoms with Crippen molar-refractivity contribution in [2.24, 2.45) is 5.92 Å². The Morgan fingerprint density at radius 1 is 1.13 bits per heavy atom. The smallest absolute Gasteiger partial charge is 0.311 e. The number of hydrazine groups is 1. The Hall–Kier alpha value is -3.39. The highest BCUT2D eigenvalue weighted by Gasteiger charge is 2.36. The van der Waals surface area contributed by atoms with Gasteiger partial charge in [0.2, 0.25) is 5.91 Å². The number of carbonyl (C=O) groups is 4. The van der Waals surface area contributed by atoms with Crippen molar-refractivity contribution < 1.29 is 23.9 Å². The van der Waals surface area contributed by atoms with Gasteiger partial charge in [0, 0.05) is 12.0 Å². The molecule has 1 fully saturated rings. The van der Waals surface area contributed by atoms with E-state index in [1.807, 2.05) is 6.92 Å². The van der Waals surface area contributed by atoms with Crippen LogP contribution in [0.15, 0.2) is 48.5 Å². The van der Waals surface area contributed by atoms with Crippen LogP contribution in [0.5, 0.6) is 0 Å². The molecule has 1 atom stereocenters. The fraction of sp³-hybridized carbons (Fsp3) is 0.238. The molecule has 8 nitrogen and oxygen atoms in total. The first kappa shape index (κ1) is 21.3. The van der Waals surface area contributed by atoms with Gasteiger partial charge in [-0.3, -0.25) is 29.6 Å². The molecule has 2 aromatic carbocycles. The summed E-state index contributed by atoms with van der Waals surface area (Å²) in [6.45, 7) is 1.36. The molecule has 2 aromatic rings. The molecule has 2 N–H and O–H groups in total. The quantitative estimate of drug-likeness (QED) is 0.686. The molecule has 156 valence electrons. The third kappa shape index (κ3) is 5.36. The number of para-hydroxylation sites is 1. The zero-order valence-electron chi connectivity index (χ0n) is 16.2. The average Bonchev–Trinajstić information content (AvgIpc) is 3.09. The summed E-state index contributed by atoms with van der Waals surface area (Å²) in [7, 11) is 0. The fourth-order valence-corrected chi connectivity index (χ4v) is 3.05. The standard InChI is InChI=1S/C21H20ClN3O5/c1-13-6-8-14(9-7-13)20(28)24-25-11-15(10-19(25)27)21(29)30-12-18(26)23-17-5-3-2-4-16(17)22/h2-9,15H,10-12H2,1H3,(H,23,26)(H,24,28)/t15-/m0/s1. The van der Waals surface area contributed by atoms with Gasteiger partial charge in [0.05, 0.1) is 23.2 Å². The van der Waals surface area contributed by atoms with Crippen LogP contribution in [0.1, 0.15) is 22.3 Å². The number of ether oxygens (including phenoxy) is 1. The molecule has 0 aromatic heterocycles. The predicted molar refractivity (Wildman–Crippen MR) is 110 cm³/mol. The molecule has 9 heteroatoms. The van der Waals surface area contributed by atoms with Crippen LogP contribution in [-0.2, 0) is 19.1 Å². The number of hydrogen-bond donors (Lipinski definition) is 2. The Morgan fingerprint density at radius 3 is 2.53 bits per heavy atom. The maximum atomic E-state index is 12.3. The summed E-state index contributed by atoms with van der Waals surface area (Å²) in [6.07, 6.45) is -0.112. The molecular formula is C21H20ClN3O5. The van der Waals surface area contributed by atoms with Crippen molar-refractivity contribution in [1.29, 1.82) is 0 Å². The Balaban J connectivity index is 1.48. The van der Waals surface area contributed by atoms with E-state index in [0.717, 1.165) is 10.6 Å². The number of anilines is 1. The first-order valence-electron chi connectivity index (χ1n) is 9.22. The second kappa shape index (κ2) is 9.41. The number of carbonyl (C=O) groups excluding carboxylic acids is 4. The van der Waals surface area contributed by atoms with Gasteiger partial charge in [0.15, 0.2) is 6.61 Å². The Bertz CT molecular complexity index is 977. The van der Waals surface area contributed by atoms with E-state index in [4.69, 9.17) is 16.3 Å². The Morgan fingerprint density at radius 2 is 1.83 bits per heavy atom. The molecule has 3 rings (SSSR count). The largest absolute Gasteiger partial charge is 0.455 e. The van der Waals surface area contributed by atoms with Gasteiger partial charge in [-0.2, -0.15) is 0 Å². The zero-order valence-corrected chi connectivity index (χ0v) is 16.9. The SMILES string of the molecule is Cc1ccc(C(=O)NN2C[C@@H](C(=O)OCC(=O)Nc3ccccc3Cl)CC2=O)cc1. The number of benzene rings is 2. The average molecular weight is 430 g/mol. The van der Waals surface area contributed by atoms with Crippen LogP contribution in [0.4, 0.5) is 5.69 Å². The normalized spacial score (nSPS) is 15.6. The minimum absolute atomic E-state index is 0.0264. The van der Waals surface area contributed by atoms with Crippen LogP contribution < -0.4 is 10.7 Å². The van der Waals surface area contributed by atoms with Crippen molar-refractivity contribution in [2.75, 3.05) is 18.5 Å². The van der Waals surface area contributed by atoms with Crippen LogP contribution in [0.25, 0.3) is 0 Å². The molecule has 1 heterocycles. The van der Waals surface area contributed by atoms with Gasteiger partial charge in [-0.1, -0.05) is 41.4 Å². The van der Waals surface area contributed by atoms with Gasteiger partial charge in [-0.05, 0) is 31.2 Å². The second-order valence-corrected chi connectivity index (χ2v) is 7.26. The lowest BCUT2D eigenvalue weighted by Gasteiger charge is -2.17. The molecule has 3 amide bonds. The number of nitrogens with zero attached hydrogens (tertiary/aromatic N) is 1. The lowest BCUT2D eigenvalue weighted by Crippen LogP contribution is -2.43. The molecule has 0 aliphatic carbocycles. The van der Waals surface area contributed by atoms with Crippen molar-refractivity contribution in [2.45, 2.75) is 13.3 Å². The minimum Gasteiger partial charge on any atom is -0.455 e.